The van der Waals surface area contributed by atoms with Crippen LogP contribution < -0.4 is 5.32 Å². The number of hydrogen-bond acceptors (Lipinski definition) is 3. The second-order valence-corrected chi connectivity index (χ2v) is 7.34. The van der Waals surface area contributed by atoms with Gasteiger partial charge in [-0.3, -0.25) is 4.79 Å². The molecular formula is C23H14F4N4O. The Kier molecular flexibility index (Phi) is 4.54. The van der Waals surface area contributed by atoms with E-state index in [1.807, 2.05) is 30.3 Å². The molecule has 0 spiro atoms. The zero-order valence-electron chi connectivity index (χ0n) is 16.3. The summed E-state index contributed by atoms with van der Waals surface area (Å²) < 4.78 is 55.3. The van der Waals surface area contributed by atoms with Crippen LogP contribution in [0.2, 0.25) is 0 Å². The molecule has 0 bridgehead atoms. The number of nitrogens with zero attached hydrogens (tertiary/aromatic N) is 3. The lowest BCUT2D eigenvalue weighted by atomic mass is 10.1. The molecule has 5 rings (SSSR count). The van der Waals surface area contributed by atoms with Crippen molar-refractivity contribution in [1.29, 1.82) is 0 Å². The number of anilines is 1. The Bertz CT molecular complexity index is 1360. The molecule has 1 aliphatic rings. The lowest BCUT2D eigenvalue weighted by molar-refractivity contribution is -0.143. The molecule has 0 atom stereocenters. The van der Waals surface area contributed by atoms with Crippen molar-refractivity contribution < 1.29 is 22.4 Å². The van der Waals surface area contributed by atoms with E-state index in [4.69, 9.17) is 0 Å². The van der Waals surface area contributed by atoms with Crippen LogP contribution in [0, 0.1) is 5.82 Å². The lowest BCUT2D eigenvalue weighted by Gasteiger charge is -2.12. The molecule has 4 aromatic rings. The summed E-state index contributed by atoms with van der Waals surface area (Å²) in [7, 11) is 0. The van der Waals surface area contributed by atoms with Crippen LogP contribution in [-0.2, 0) is 12.6 Å². The minimum atomic E-state index is -4.94. The minimum absolute atomic E-state index is 0.195. The van der Waals surface area contributed by atoms with Gasteiger partial charge in [-0.1, -0.05) is 41.6 Å². The maximum Gasteiger partial charge on any atom is 0.435 e. The highest BCUT2D eigenvalue weighted by Gasteiger charge is 2.42. The predicted molar refractivity (Wildman–Crippen MR) is 109 cm³/mol. The third kappa shape index (κ3) is 3.41. The van der Waals surface area contributed by atoms with Crippen molar-refractivity contribution in [3.63, 3.8) is 0 Å². The van der Waals surface area contributed by atoms with Crippen molar-refractivity contribution in [2.45, 2.75) is 12.6 Å². The van der Waals surface area contributed by atoms with E-state index in [-0.39, 0.29) is 5.69 Å². The van der Waals surface area contributed by atoms with E-state index in [0.29, 0.717) is 16.8 Å². The van der Waals surface area contributed by atoms with Gasteiger partial charge in [0.1, 0.15) is 5.82 Å². The number of amides is 1. The first-order chi connectivity index (χ1) is 15.3. The van der Waals surface area contributed by atoms with Crippen LogP contribution in [0.1, 0.15) is 27.3 Å². The van der Waals surface area contributed by atoms with E-state index >= 15 is 0 Å². The molecule has 0 saturated carbocycles. The standard InChI is InChI=1S/C23H14F4N4O/c24-15-5-3-6-17(12-15)31-21(23(25,26)27)20(29-30-31)22(32)28-16-8-9-19-14(11-16)10-13-4-1-2-7-18(13)19/h1-9,11-12H,10H2,(H,28,32). The average molecular weight is 438 g/mol. The number of carbonyl (C=O) groups excluding carboxylic acids is 1. The monoisotopic (exact) mass is 438 g/mol. The zero-order valence-corrected chi connectivity index (χ0v) is 16.3. The fourth-order valence-corrected chi connectivity index (χ4v) is 3.89. The van der Waals surface area contributed by atoms with Crippen molar-refractivity contribution >= 4 is 11.6 Å². The van der Waals surface area contributed by atoms with Crippen LogP contribution in [-0.4, -0.2) is 20.9 Å². The summed E-state index contributed by atoms with van der Waals surface area (Å²) in [6.07, 6.45) is -4.28. The molecule has 3 aromatic carbocycles. The number of rotatable bonds is 3. The maximum absolute atomic E-state index is 13.8. The third-order valence-corrected chi connectivity index (χ3v) is 5.26. The number of fused-ring (bicyclic) bond motifs is 3. The zero-order chi connectivity index (χ0) is 22.5. The quantitative estimate of drug-likeness (QED) is 0.392. The molecule has 0 unspecified atom stereocenters. The summed E-state index contributed by atoms with van der Waals surface area (Å²) in [5.74, 6) is -1.80. The van der Waals surface area contributed by atoms with Crippen molar-refractivity contribution in [2.24, 2.45) is 0 Å². The van der Waals surface area contributed by atoms with Gasteiger partial charge < -0.3 is 5.32 Å². The van der Waals surface area contributed by atoms with Crippen LogP contribution in [0.25, 0.3) is 16.8 Å². The highest BCUT2D eigenvalue weighted by molar-refractivity contribution is 6.04. The fourth-order valence-electron chi connectivity index (χ4n) is 3.89. The fraction of sp³-hybridized carbons (Fsp3) is 0.0870. The second kappa shape index (κ2) is 7.30. The van der Waals surface area contributed by atoms with Crippen LogP contribution in [0.4, 0.5) is 23.2 Å². The SMILES string of the molecule is O=C(Nc1ccc2c(c1)Cc1ccccc1-2)c1nnn(-c2cccc(F)c2)c1C(F)(F)F. The molecule has 5 nitrogen and oxygen atoms in total. The summed E-state index contributed by atoms with van der Waals surface area (Å²) in [4.78, 5) is 12.7. The van der Waals surface area contributed by atoms with E-state index < -0.39 is 29.3 Å². The number of carbonyl (C=O) groups is 1. The molecule has 1 aromatic heterocycles. The van der Waals surface area contributed by atoms with Crippen LogP contribution >= 0.6 is 0 Å². The van der Waals surface area contributed by atoms with E-state index in [1.54, 1.807) is 12.1 Å². The highest BCUT2D eigenvalue weighted by Crippen LogP contribution is 2.38. The molecule has 1 heterocycles. The van der Waals surface area contributed by atoms with Crippen LogP contribution in [0.15, 0.2) is 66.7 Å². The Morgan fingerprint density at radius 1 is 0.938 bits per heavy atom. The lowest BCUT2D eigenvalue weighted by Crippen LogP contribution is -2.21. The molecule has 1 amide bonds. The Labute approximate surface area is 179 Å². The number of nitrogens with one attached hydrogen (secondary N) is 1. The molecule has 1 N–H and O–H groups in total. The van der Waals surface area contributed by atoms with E-state index in [2.05, 4.69) is 15.6 Å². The van der Waals surface area contributed by atoms with Gasteiger partial charge in [-0.15, -0.1) is 5.10 Å². The second-order valence-electron chi connectivity index (χ2n) is 7.34. The first kappa shape index (κ1) is 19.9. The van der Waals surface area contributed by atoms with Gasteiger partial charge in [0.15, 0.2) is 11.4 Å². The van der Waals surface area contributed by atoms with Gasteiger partial charge in [0.25, 0.3) is 5.91 Å². The summed E-state index contributed by atoms with van der Waals surface area (Å²) in [5, 5.41) is 9.38. The number of halogens is 4. The van der Waals surface area contributed by atoms with Gasteiger partial charge in [0, 0.05) is 5.69 Å². The van der Waals surface area contributed by atoms with Crippen molar-refractivity contribution in [1.82, 2.24) is 15.0 Å². The summed E-state index contributed by atoms with van der Waals surface area (Å²) >= 11 is 0. The summed E-state index contributed by atoms with van der Waals surface area (Å²) in [6, 6.07) is 17.5. The summed E-state index contributed by atoms with van der Waals surface area (Å²) in [5.41, 5.74) is 2.09. The Morgan fingerprint density at radius 3 is 2.50 bits per heavy atom. The molecule has 0 saturated heterocycles. The first-order valence-electron chi connectivity index (χ1n) is 9.62. The minimum Gasteiger partial charge on any atom is -0.321 e. The Morgan fingerprint density at radius 2 is 1.72 bits per heavy atom. The van der Waals surface area contributed by atoms with Gasteiger partial charge in [0.2, 0.25) is 0 Å². The Hall–Kier alpha value is -4.01. The molecule has 0 fully saturated rings. The number of aromatic nitrogens is 3. The number of hydrogen-bond donors (Lipinski definition) is 1. The molecule has 9 heteroatoms. The molecule has 0 aliphatic heterocycles. The largest absolute Gasteiger partial charge is 0.435 e. The van der Waals surface area contributed by atoms with Crippen molar-refractivity contribution in [3.8, 4) is 16.8 Å². The molecule has 1 aliphatic carbocycles. The van der Waals surface area contributed by atoms with Gasteiger partial charge in [-0.2, -0.15) is 13.2 Å². The normalized spacial score (nSPS) is 12.4. The van der Waals surface area contributed by atoms with E-state index in [0.717, 1.165) is 34.4 Å². The molecule has 160 valence electrons. The molecular weight excluding hydrogens is 424 g/mol. The van der Waals surface area contributed by atoms with Crippen molar-refractivity contribution in [3.05, 3.63) is 95.1 Å². The van der Waals surface area contributed by atoms with E-state index in [9.17, 15) is 22.4 Å². The Balaban J connectivity index is 1.47. The highest BCUT2D eigenvalue weighted by atomic mass is 19.4. The first-order valence-corrected chi connectivity index (χ1v) is 9.62. The van der Waals surface area contributed by atoms with Gasteiger partial charge in [-0.25, -0.2) is 9.07 Å². The molecule has 32 heavy (non-hydrogen) atoms. The van der Waals surface area contributed by atoms with Crippen LogP contribution in [0.5, 0.6) is 0 Å². The van der Waals surface area contributed by atoms with E-state index in [1.165, 1.54) is 12.1 Å². The smallest absolute Gasteiger partial charge is 0.321 e. The molecule has 0 radical (unpaired) electrons. The van der Waals surface area contributed by atoms with Gasteiger partial charge >= 0.3 is 6.18 Å². The number of alkyl halides is 3. The predicted octanol–water partition coefficient (Wildman–Crippen LogP) is 5.25. The van der Waals surface area contributed by atoms with Gasteiger partial charge in [-0.05, 0) is 59.0 Å². The topological polar surface area (TPSA) is 59.8 Å². The maximum atomic E-state index is 13.8. The van der Waals surface area contributed by atoms with Crippen molar-refractivity contribution in [2.75, 3.05) is 5.32 Å². The third-order valence-electron chi connectivity index (χ3n) is 5.26. The van der Waals surface area contributed by atoms with Gasteiger partial charge in [0.05, 0.1) is 5.69 Å². The number of benzene rings is 3. The summed E-state index contributed by atoms with van der Waals surface area (Å²) in [6.45, 7) is 0. The van der Waals surface area contributed by atoms with Crippen LogP contribution in [0.3, 0.4) is 0 Å². The average Bonchev–Trinajstić information content (AvgIpc) is 3.35.